The molecule has 1 aliphatic heterocycles. The van der Waals surface area contributed by atoms with Gasteiger partial charge in [-0.05, 0) is 43.9 Å². The summed E-state index contributed by atoms with van der Waals surface area (Å²) in [5.41, 5.74) is 1.39. The first-order chi connectivity index (χ1) is 14.9. The van der Waals surface area contributed by atoms with E-state index in [0.29, 0.717) is 5.92 Å². The van der Waals surface area contributed by atoms with Crippen molar-refractivity contribution in [2.45, 2.75) is 63.0 Å². The second-order valence-corrected chi connectivity index (χ2v) is 10.5. The number of ether oxygens (including phenoxy) is 1. The van der Waals surface area contributed by atoms with Gasteiger partial charge in [-0.3, -0.25) is 9.48 Å². The van der Waals surface area contributed by atoms with Crippen LogP contribution in [0.5, 0.6) is 5.75 Å². The molecule has 11 heteroatoms. The molecule has 0 radical (unpaired) electrons. The predicted octanol–water partition coefficient (Wildman–Crippen LogP) is 3.57. The second kappa shape index (κ2) is 8.09. The summed E-state index contributed by atoms with van der Waals surface area (Å²) in [5.74, 6) is -0.294. The third-order valence-corrected chi connectivity index (χ3v) is 7.07. The lowest BCUT2D eigenvalue weighted by molar-refractivity contribution is -0.189. The molecular formula is C21H24F3N3O4S. The Bertz CT molecular complexity index is 1120. The van der Waals surface area contributed by atoms with E-state index >= 15 is 0 Å². The highest BCUT2D eigenvalue weighted by molar-refractivity contribution is 7.90. The zero-order valence-corrected chi connectivity index (χ0v) is 18.5. The molecule has 1 aromatic carbocycles. The van der Waals surface area contributed by atoms with Crippen molar-refractivity contribution in [3.63, 3.8) is 0 Å². The van der Waals surface area contributed by atoms with E-state index in [1.54, 1.807) is 0 Å². The molecule has 1 amide bonds. The van der Waals surface area contributed by atoms with E-state index in [9.17, 15) is 26.4 Å². The maximum atomic E-state index is 13.2. The summed E-state index contributed by atoms with van der Waals surface area (Å²) in [6.45, 7) is 2.11. The number of halogens is 3. The smallest absolute Gasteiger partial charge is 0.425 e. The number of aromatic nitrogens is 2. The minimum atomic E-state index is -4.63. The fourth-order valence-corrected chi connectivity index (χ4v) is 4.47. The molecule has 0 spiro atoms. The normalized spacial score (nSPS) is 17.7. The minimum Gasteiger partial charge on any atom is -0.480 e. The third kappa shape index (κ3) is 4.62. The van der Waals surface area contributed by atoms with Gasteiger partial charge in [-0.1, -0.05) is 6.42 Å². The van der Waals surface area contributed by atoms with E-state index in [2.05, 4.69) is 5.10 Å². The van der Waals surface area contributed by atoms with E-state index in [1.165, 1.54) is 24.2 Å². The molecule has 1 aromatic heterocycles. The standard InChI is InChI=1S/C21H24F3N3O4S/c1-13(21(22,23)24)31-19-7-6-16(32(2,29)30)8-17(19)20(28)26-10-15-11-27(25-18(15)12-26)9-14-4-3-5-14/h6-8,11,13-14H,3-5,9-10,12H2,1-2H3. The van der Waals surface area contributed by atoms with Gasteiger partial charge in [-0.2, -0.15) is 18.3 Å². The topological polar surface area (TPSA) is 81.5 Å². The molecule has 1 unspecified atom stereocenters. The van der Waals surface area contributed by atoms with E-state index in [-0.39, 0.29) is 29.3 Å². The van der Waals surface area contributed by atoms with Gasteiger partial charge in [0.1, 0.15) is 5.75 Å². The highest BCUT2D eigenvalue weighted by Crippen LogP contribution is 2.33. The molecule has 0 bridgehead atoms. The average Bonchev–Trinajstić information content (AvgIpc) is 3.21. The van der Waals surface area contributed by atoms with Crippen molar-refractivity contribution in [3.05, 3.63) is 41.2 Å². The van der Waals surface area contributed by atoms with Crippen LogP contribution in [-0.2, 0) is 29.5 Å². The van der Waals surface area contributed by atoms with Gasteiger partial charge in [0, 0.05) is 31.1 Å². The van der Waals surface area contributed by atoms with Gasteiger partial charge in [-0.25, -0.2) is 8.42 Å². The van der Waals surface area contributed by atoms with Crippen LogP contribution < -0.4 is 4.74 Å². The van der Waals surface area contributed by atoms with Crippen LogP contribution in [0.15, 0.2) is 29.3 Å². The van der Waals surface area contributed by atoms with Crippen LogP contribution in [0, 0.1) is 5.92 Å². The summed E-state index contributed by atoms with van der Waals surface area (Å²) in [6, 6.07) is 3.30. The predicted molar refractivity (Wildman–Crippen MR) is 109 cm³/mol. The number of rotatable bonds is 6. The van der Waals surface area contributed by atoms with Gasteiger partial charge in [0.2, 0.25) is 0 Å². The van der Waals surface area contributed by atoms with Gasteiger partial charge >= 0.3 is 6.18 Å². The number of sulfone groups is 1. The average molecular weight is 472 g/mol. The van der Waals surface area contributed by atoms with Gasteiger partial charge in [0.05, 0.1) is 22.7 Å². The number of nitrogens with zero attached hydrogens (tertiary/aromatic N) is 3. The molecule has 7 nitrogen and oxygen atoms in total. The Balaban J connectivity index is 1.57. The fraction of sp³-hybridized carbons (Fsp3) is 0.524. The van der Waals surface area contributed by atoms with Crippen molar-refractivity contribution in [3.8, 4) is 5.75 Å². The van der Waals surface area contributed by atoms with Crippen LogP contribution in [0.3, 0.4) is 0 Å². The monoisotopic (exact) mass is 471 g/mol. The largest absolute Gasteiger partial charge is 0.480 e. The molecule has 1 fully saturated rings. The highest BCUT2D eigenvalue weighted by Gasteiger charge is 2.39. The van der Waals surface area contributed by atoms with Crippen molar-refractivity contribution < 1.29 is 31.1 Å². The number of carbonyl (C=O) groups excluding carboxylic acids is 1. The maximum absolute atomic E-state index is 13.2. The summed E-state index contributed by atoms with van der Waals surface area (Å²) in [4.78, 5) is 14.5. The summed E-state index contributed by atoms with van der Waals surface area (Å²) in [7, 11) is -3.68. The van der Waals surface area contributed by atoms with Crippen LogP contribution in [0.25, 0.3) is 0 Å². The van der Waals surface area contributed by atoms with Crippen LogP contribution in [0.1, 0.15) is 47.8 Å². The number of amides is 1. The van der Waals surface area contributed by atoms with Crippen molar-refractivity contribution in [1.82, 2.24) is 14.7 Å². The molecule has 2 heterocycles. The number of carbonyl (C=O) groups is 1. The SMILES string of the molecule is CC(Oc1ccc(S(C)(=O)=O)cc1C(=O)N1Cc2cn(CC3CCC3)nc2C1)C(F)(F)F. The Morgan fingerprint density at radius 3 is 2.56 bits per heavy atom. The first kappa shape index (κ1) is 22.6. The minimum absolute atomic E-state index is 0.171. The lowest BCUT2D eigenvalue weighted by Crippen LogP contribution is -2.33. The molecule has 174 valence electrons. The molecule has 2 aromatic rings. The molecule has 32 heavy (non-hydrogen) atoms. The van der Waals surface area contributed by atoms with Crippen LogP contribution >= 0.6 is 0 Å². The molecule has 1 aliphatic carbocycles. The van der Waals surface area contributed by atoms with Crippen molar-refractivity contribution >= 4 is 15.7 Å². The fourth-order valence-electron chi connectivity index (χ4n) is 3.82. The molecule has 4 rings (SSSR count). The highest BCUT2D eigenvalue weighted by atomic mass is 32.2. The molecule has 0 saturated heterocycles. The van der Waals surface area contributed by atoms with Crippen LogP contribution in [0.2, 0.25) is 0 Å². The van der Waals surface area contributed by atoms with E-state index in [4.69, 9.17) is 4.74 Å². The van der Waals surface area contributed by atoms with Gasteiger partial charge in [0.25, 0.3) is 5.91 Å². The van der Waals surface area contributed by atoms with Crippen molar-refractivity contribution in [2.24, 2.45) is 5.92 Å². The van der Waals surface area contributed by atoms with E-state index < -0.39 is 28.0 Å². The van der Waals surface area contributed by atoms with Gasteiger partial charge in [0.15, 0.2) is 15.9 Å². The Morgan fingerprint density at radius 2 is 2.00 bits per heavy atom. The van der Waals surface area contributed by atoms with Gasteiger partial charge in [-0.15, -0.1) is 0 Å². The number of benzene rings is 1. The lowest BCUT2D eigenvalue weighted by Gasteiger charge is -2.25. The zero-order chi connectivity index (χ0) is 23.3. The van der Waals surface area contributed by atoms with E-state index in [0.717, 1.165) is 49.2 Å². The Labute approximate surface area is 184 Å². The lowest BCUT2D eigenvalue weighted by atomic mass is 9.85. The number of hydrogen-bond donors (Lipinski definition) is 0. The molecule has 1 saturated carbocycles. The van der Waals surface area contributed by atoms with Crippen LogP contribution in [0.4, 0.5) is 13.2 Å². The summed E-state index contributed by atoms with van der Waals surface area (Å²) >= 11 is 0. The molecule has 2 aliphatic rings. The first-order valence-electron chi connectivity index (χ1n) is 10.3. The van der Waals surface area contributed by atoms with Crippen LogP contribution in [-0.4, -0.2) is 47.5 Å². The number of hydrogen-bond acceptors (Lipinski definition) is 5. The van der Waals surface area contributed by atoms with E-state index in [1.807, 2.05) is 10.9 Å². The summed E-state index contributed by atoms with van der Waals surface area (Å²) < 4.78 is 69.8. The molecule has 1 atom stereocenters. The van der Waals surface area contributed by atoms with Crippen molar-refractivity contribution in [2.75, 3.05) is 6.26 Å². The second-order valence-electron chi connectivity index (χ2n) is 8.51. The summed E-state index contributed by atoms with van der Waals surface area (Å²) in [5, 5.41) is 4.55. The molecule has 0 N–H and O–H groups in total. The first-order valence-corrected chi connectivity index (χ1v) is 12.2. The maximum Gasteiger partial charge on any atom is 0.425 e. The quantitative estimate of drug-likeness (QED) is 0.644. The molecular weight excluding hydrogens is 447 g/mol. The zero-order valence-electron chi connectivity index (χ0n) is 17.7. The van der Waals surface area contributed by atoms with Gasteiger partial charge < -0.3 is 9.64 Å². The Morgan fingerprint density at radius 1 is 1.28 bits per heavy atom. The number of fused-ring (bicyclic) bond motifs is 1. The Hall–Kier alpha value is -2.56. The number of alkyl halides is 3. The third-order valence-electron chi connectivity index (χ3n) is 5.96. The Kier molecular flexibility index (Phi) is 5.72. The van der Waals surface area contributed by atoms with Crippen molar-refractivity contribution in [1.29, 1.82) is 0 Å². The summed E-state index contributed by atoms with van der Waals surface area (Å²) in [6.07, 6.45) is -0.330.